The average Bonchev–Trinajstić information content (AvgIpc) is 3.36. The maximum Gasteiger partial charge on any atom is 0.0780 e. The van der Waals surface area contributed by atoms with Gasteiger partial charge in [-0.25, -0.2) is 0 Å². The van der Waals surface area contributed by atoms with E-state index in [9.17, 15) is 0 Å². The van der Waals surface area contributed by atoms with Gasteiger partial charge in [0.1, 0.15) is 0 Å². The van der Waals surface area contributed by atoms with Crippen LogP contribution in [0.5, 0.6) is 0 Å². The second-order valence-corrected chi connectivity index (χ2v) is 10.2. The number of pyridine rings is 2. The van der Waals surface area contributed by atoms with E-state index < -0.39 is 0 Å². The summed E-state index contributed by atoms with van der Waals surface area (Å²) in [7, 11) is 0. The van der Waals surface area contributed by atoms with Crippen LogP contribution in [0.25, 0.3) is 65.3 Å². The van der Waals surface area contributed by atoms with Crippen LogP contribution in [-0.4, -0.2) is 9.97 Å². The first-order valence-electron chi connectivity index (χ1n) is 11.8. The number of hydrogen-bond donors (Lipinski definition) is 1. The molecule has 7 aromatic rings. The van der Waals surface area contributed by atoms with Crippen molar-refractivity contribution in [3.8, 4) is 33.4 Å². The smallest absolute Gasteiger partial charge is 0.0780 e. The lowest BCUT2D eigenvalue weighted by Crippen LogP contribution is -1.87. The number of benzene rings is 4. The standard InChI is InChI=1S/C32H20N2S2/c35-29-13-11-22(24-9-1-5-20-7-3-15-33-31(20)24)17-26(29)28-19-36-30-14-12-23(18-27(28)30)25-10-2-6-21-8-4-16-34-32(21)25/h1-19,35H. The zero-order valence-corrected chi connectivity index (χ0v) is 20.9. The molecule has 0 bridgehead atoms. The Kier molecular flexibility index (Phi) is 5.09. The Labute approximate surface area is 218 Å². The van der Waals surface area contributed by atoms with Crippen LogP contribution >= 0.6 is 24.0 Å². The van der Waals surface area contributed by atoms with Gasteiger partial charge in [0.15, 0.2) is 0 Å². The Morgan fingerprint density at radius 1 is 0.556 bits per heavy atom. The monoisotopic (exact) mass is 496 g/mol. The van der Waals surface area contributed by atoms with Crippen molar-refractivity contribution >= 4 is 55.9 Å². The molecule has 0 spiro atoms. The lowest BCUT2D eigenvalue weighted by molar-refractivity contribution is 1.40. The van der Waals surface area contributed by atoms with E-state index in [4.69, 9.17) is 12.6 Å². The van der Waals surface area contributed by atoms with Gasteiger partial charge in [0.2, 0.25) is 0 Å². The first kappa shape index (κ1) is 21.3. The van der Waals surface area contributed by atoms with Crippen molar-refractivity contribution in [3.63, 3.8) is 0 Å². The molecule has 0 amide bonds. The van der Waals surface area contributed by atoms with Crippen LogP contribution in [-0.2, 0) is 0 Å². The molecule has 0 radical (unpaired) electrons. The number of nitrogens with zero attached hydrogens (tertiary/aromatic N) is 2. The molecule has 4 heteroatoms. The van der Waals surface area contributed by atoms with E-state index in [-0.39, 0.29) is 0 Å². The summed E-state index contributed by atoms with van der Waals surface area (Å²) in [5.41, 5.74) is 8.95. The van der Waals surface area contributed by atoms with Crippen molar-refractivity contribution in [1.82, 2.24) is 9.97 Å². The molecule has 0 atom stereocenters. The quantitative estimate of drug-likeness (QED) is 0.247. The fraction of sp³-hybridized carbons (Fsp3) is 0. The van der Waals surface area contributed by atoms with Gasteiger partial charge in [-0.15, -0.1) is 24.0 Å². The number of hydrogen-bond acceptors (Lipinski definition) is 4. The van der Waals surface area contributed by atoms with Crippen LogP contribution in [0.15, 0.2) is 120 Å². The molecular formula is C32H20N2S2. The fourth-order valence-corrected chi connectivity index (χ4v) is 6.20. The number of thiophene rings is 1. The molecule has 7 rings (SSSR count). The highest BCUT2D eigenvalue weighted by atomic mass is 32.1. The predicted octanol–water partition coefficient (Wildman–Crippen LogP) is 9.29. The van der Waals surface area contributed by atoms with E-state index in [1.807, 2.05) is 24.5 Å². The Balaban J connectivity index is 1.41. The minimum Gasteiger partial charge on any atom is -0.256 e. The van der Waals surface area contributed by atoms with Gasteiger partial charge in [-0.3, -0.25) is 9.97 Å². The third-order valence-electron chi connectivity index (χ3n) is 6.75. The van der Waals surface area contributed by atoms with Gasteiger partial charge in [-0.1, -0.05) is 60.7 Å². The summed E-state index contributed by atoms with van der Waals surface area (Å²) in [4.78, 5) is 10.3. The average molecular weight is 497 g/mol. The fourth-order valence-electron chi connectivity index (χ4n) is 5.00. The third kappa shape index (κ3) is 3.49. The topological polar surface area (TPSA) is 25.8 Å². The Bertz CT molecular complexity index is 1910. The summed E-state index contributed by atoms with van der Waals surface area (Å²) >= 11 is 6.63. The zero-order valence-electron chi connectivity index (χ0n) is 19.2. The maximum absolute atomic E-state index is 4.87. The number of rotatable bonds is 3. The van der Waals surface area contributed by atoms with Crippen molar-refractivity contribution in [1.29, 1.82) is 0 Å². The molecule has 170 valence electrons. The molecule has 3 aromatic heterocycles. The van der Waals surface area contributed by atoms with Gasteiger partial charge in [0.25, 0.3) is 0 Å². The van der Waals surface area contributed by atoms with Gasteiger partial charge in [-0.05, 0) is 58.5 Å². The van der Waals surface area contributed by atoms with Gasteiger partial charge in [0, 0.05) is 54.8 Å². The molecule has 0 saturated carbocycles. The number of fused-ring (bicyclic) bond motifs is 3. The summed E-state index contributed by atoms with van der Waals surface area (Å²) in [5, 5.41) is 5.76. The minimum absolute atomic E-state index is 0.962. The molecule has 4 aromatic carbocycles. The first-order chi connectivity index (χ1) is 17.8. The van der Waals surface area contributed by atoms with Gasteiger partial charge in [-0.2, -0.15) is 0 Å². The van der Waals surface area contributed by atoms with Gasteiger partial charge < -0.3 is 0 Å². The highest BCUT2D eigenvalue weighted by molar-refractivity contribution is 7.80. The van der Waals surface area contributed by atoms with E-state index in [0.717, 1.165) is 49.0 Å². The SMILES string of the molecule is Sc1ccc(-c2cccc3cccnc23)cc1-c1csc2ccc(-c3cccc4cccnc34)cc12. The van der Waals surface area contributed by atoms with E-state index in [1.165, 1.54) is 21.2 Å². The Morgan fingerprint density at radius 3 is 1.86 bits per heavy atom. The molecular weight excluding hydrogens is 477 g/mol. The maximum atomic E-state index is 4.87. The van der Waals surface area contributed by atoms with Crippen molar-refractivity contribution in [2.75, 3.05) is 0 Å². The van der Waals surface area contributed by atoms with E-state index in [1.54, 1.807) is 11.3 Å². The minimum atomic E-state index is 0.962. The second kappa shape index (κ2) is 8.59. The highest BCUT2D eigenvalue weighted by Gasteiger charge is 2.14. The Hall–Kier alpha value is -3.99. The van der Waals surface area contributed by atoms with Crippen molar-refractivity contribution < 1.29 is 0 Å². The zero-order chi connectivity index (χ0) is 24.1. The molecule has 0 fully saturated rings. The first-order valence-corrected chi connectivity index (χ1v) is 13.1. The lowest BCUT2D eigenvalue weighted by Gasteiger charge is -2.11. The van der Waals surface area contributed by atoms with Crippen LogP contribution in [0.1, 0.15) is 0 Å². The van der Waals surface area contributed by atoms with Crippen molar-refractivity contribution in [2.45, 2.75) is 4.90 Å². The molecule has 0 saturated heterocycles. The van der Waals surface area contributed by atoms with E-state index >= 15 is 0 Å². The van der Waals surface area contributed by atoms with Crippen LogP contribution in [0.4, 0.5) is 0 Å². The molecule has 2 nitrogen and oxygen atoms in total. The summed E-state index contributed by atoms with van der Waals surface area (Å²) < 4.78 is 1.26. The number of para-hydroxylation sites is 2. The summed E-state index contributed by atoms with van der Waals surface area (Å²) in [5.74, 6) is 0. The molecule has 0 aliphatic rings. The van der Waals surface area contributed by atoms with Gasteiger partial charge >= 0.3 is 0 Å². The number of thiol groups is 1. The summed E-state index contributed by atoms with van der Waals surface area (Å²) in [6.07, 6.45) is 3.72. The predicted molar refractivity (Wildman–Crippen MR) is 156 cm³/mol. The lowest BCUT2D eigenvalue weighted by atomic mass is 9.95. The largest absolute Gasteiger partial charge is 0.256 e. The van der Waals surface area contributed by atoms with Crippen LogP contribution in [0, 0.1) is 0 Å². The highest BCUT2D eigenvalue weighted by Crippen LogP contribution is 2.41. The second-order valence-electron chi connectivity index (χ2n) is 8.85. The number of aromatic nitrogens is 2. The molecule has 0 N–H and O–H groups in total. The van der Waals surface area contributed by atoms with Crippen molar-refractivity contribution in [2.24, 2.45) is 0 Å². The summed E-state index contributed by atoms with van der Waals surface area (Å²) in [6, 6.07) is 34.1. The molecule has 0 unspecified atom stereocenters. The van der Waals surface area contributed by atoms with E-state index in [0.29, 0.717) is 0 Å². The molecule has 36 heavy (non-hydrogen) atoms. The van der Waals surface area contributed by atoms with Gasteiger partial charge in [0.05, 0.1) is 11.0 Å². The Morgan fingerprint density at radius 2 is 1.17 bits per heavy atom. The third-order valence-corrected chi connectivity index (χ3v) is 8.10. The normalized spacial score (nSPS) is 11.5. The van der Waals surface area contributed by atoms with Crippen LogP contribution in [0.3, 0.4) is 0 Å². The molecule has 0 aliphatic carbocycles. The van der Waals surface area contributed by atoms with Crippen LogP contribution < -0.4 is 0 Å². The van der Waals surface area contributed by atoms with Crippen molar-refractivity contribution in [3.05, 3.63) is 115 Å². The van der Waals surface area contributed by atoms with Crippen LogP contribution in [0.2, 0.25) is 0 Å². The molecule has 0 aliphatic heterocycles. The van der Waals surface area contributed by atoms with E-state index in [2.05, 4.69) is 100 Å². The molecule has 3 heterocycles. The summed E-state index contributed by atoms with van der Waals surface area (Å²) in [6.45, 7) is 0.